The van der Waals surface area contributed by atoms with Gasteiger partial charge in [0.2, 0.25) is 0 Å². The summed E-state index contributed by atoms with van der Waals surface area (Å²) in [5.74, 6) is 2.47. The van der Waals surface area contributed by atoms with Crippen LogP contribution in [0.4, 0.5) is 0 Å². The van der Waals surface area contributed by atoms with Crippen molar-refractivity contribution in [2.45, 2.75) is 65.2 Å². The molecule has 0 spiro atoms. The highest BCUT2D eigenvalue weighted by molar-refractivity contribution is 5.87. The minimum Gasteiger partial charge on any atom is -0.426 e. The smallest absolute Gasteiger partial charge is 0.308 e. The molecule has 1 aromatic carbocycles. The van der Waals surface area contributed by atoms with Gasteiger partial charge in [0.05, 0.1) is 0 Å². The van der Waals surface area contributed by atoms with Gasteiger partial charge >= 0.3 is 5.97 Å². The third-order valence-electron chi connectivity index (χ3n) is 7.05. The molecule has 0 radical (unpaired) electrons. The van der Waals surface area contributed by atoms with Crippen molar-refractivity contribution >= 4 is 11.8 Å². The van der Waals surface area contributed by atoms with Gasteiger partial charge in [0.25, 0.3) is 0 Å². The van der Waals surface area contributed by atoms with E-state index in [0.717, 1.165) is 44.3 Å². The van der Waals surface area contributed by atoms with Crippen molar-refractivity contribution in [1.29, 1.82) is 0 Å². The van der Waals surface area contributed by atoms with Crippen LogP contribution >= 0.6 is 0 Å². The van der Waals surface area contributed by atoms with Gasteiger partial charge in [-0.05, 0) is 74.0 Å². The maximum atomic E-state index is 12.4. The predicted octanol–water partition coefficient (Wildman–Crippen LogP) is 4.35. The number of hydrogen-bond donors (Lipinski definition) is 0. The fraction of sp³-hybridized carbons (Fsp3) is 0.619. The van der Waals surface area contributed by atoms with Crippen LogP contribution in [0.15, 0.2) is 12.1 Å². The molecule has 3 nitrogen and oxygen atoms in total. The number of esters is 1. The molecule has 0 aromatic heterocycles. The van der Waals surface area contributed by atoms with E-state index < -0.39 is 0 Å². The van der Waals surface area contributed by atoms with Crippen molar-refractivity contribution in [2.75, 3.05) is 0 Å². The molecular formula is C21H26O3. The van der Waals surface area contributed by atoms with Crippen LogP contribution in [-0.2, 0) is 16.0 Å². The number of ketones is 1. The SMILES string of the molecule is CC(=O)Oc1ccc(C)c2c1[C@@H]1CC[C@]3(C)C(=O)CC[C@@H]3[C@@H]1CC2. The number of benzene rings is 1. The molecule has 0 heterocycles. The van der Waals surface area contributed by atoms with Gasteiger partial charge in [-0.3, -0.25) is 9.59 Å². The van der Waals surface area contributed by atoms with E-state index in [1.54, 1.807) is 0 Å². The van der Waals surface area contributed by atoms with E-state index in [9.17, 15) is 9.59 Å². The Bertz CT molecular complexity index is 720. The van der Waals surface area contributed by atoms with Crippen LogP contribution < -0.4 is 4.74 Å². The summed E-state index contributed by atoms with van der Waals surface area (Å²) in [7, 11) is 0. The standard InChI is InChI=1S/C21H26O3/c1-12-4-8-18(24-13(2)22)20-14(12)5-6-15-16(20)10-11-21(3)17(15)7-9-19(21)23/h4,8,15-17H,5-7,9-11H2,1-3H3/t15-,16-,17-,21+/m1/s1. The fourth-order valence-corrected chi connectivity index (χ4v) is 5.86. The highest BCUT2D eigenvalue weighted by Crippen LogP contribution is 2.60. The van der Waals surface area contributed by atoms with Crippen LogP contribution in [0.5, 0.6) is 5.75 Å². The monoisotopic (exact) mass is 326 g/mol. The second-order valence-corrected chi connectivity index (χ2v) is 8.20. The quantitative estimate of drug-likeness (QED) is 0.569. The first-order valence-corrected chi connectivity index (χ1v) is 9.26. The molecule has 2 saturated carbocycles. The summed E-state index contributed by atoms with van der Waals surface area (Å²) >= 11 is 0. The lowest BCUT2D eigenvalue weighted by Gasteiger charge is -2.48. The zero-order valence-electron chi connectivity index (χ0n) is 14.9. The van der Waals surface area contributed by atoms with E-state index in [-0.39, 0.29) is 11.4 Å². The number of carbonyl (C=O) groups excluding carboxylic acids is 2. The van der Waals surface area contributed by atoms with E-state index in [4.69, 9.17) is 4.74 Å². The zero-order chi connectivity index (χ0) is 17.1. The van der Waals surface area contributed by atoms with Crippen LogP contribution in [0.3, 0.4) is 0 Å². The molecule has 0 amide bonds. The van der Waals surface area contributed by atoms with Crippen LogP contribution in [0.1, 0.15) is 68.6 Å². The Labute approximate surface area is 143 Å². The first-order chi connectivity index (χ1) is 11.4. The topological polar surface area (TPSA) is 43.4 Å². The molecule has 0 aliphatic heterocycles. The number of aryl methyl sites for hydroxylation is 1. The van der Waals surface area contributed by atoms with Crippen molar-refractivity contribution in [3.63, 3.8) is 0 Å². The van der Waals surface area contributed by atoms with Gasteiger partial charge in [0, 0.05) is 24.3 Å². The number of fused-ring (bicyclic) bond motifs is 5. The molecule has 128 valence electrons. The summed E-state index contributed by atoms with van der Waals surface area (Å²) < 4.78 is 5.57. The first kappa shape index (κ1) is 15.9. The molecule has 0 bridgehead atoms. The highest BCUT2D eigenvalue weighted by atomic mass is 16.5. The number of ether oxygens (including phenoxy) is 1. The molecule has 0 unspecified atom stereocenters. The van der Waals surface area contributed by atoms with Gasteiger partial charge in [0.1, 0.15) is 11.5 Å². The van der Waals surface area contributed by atoms with Crippen molar-refractivity contribution in [3.8, 4) is 5.75 Å². The Hall–Kier alpha value is -1.64. The molecule has 3 aliphatic carbocycles. The lowest BCUT2D eigenvalue weighted by molar-refractivity contribution is -0.132. The lowest BCUT2D eigenvalue weighted by atomic mass is 9.55. The Kier molecular flexibility index (Phi) is 3.59. The molecule has 2 fully saturated rings. The summed E-state index contributed by atoms with van der Waals surface area (Å²) in [6.07, 6.45) is 6.01. The molecule has 0 N–H and O–H groups in total. The Morgan fingerprint density at radius 1 is 1.21 bits per heavy atom. The molecule has 3 heteroatoms. The molecule has 0 saturated heterocycles. The van der Waals surface area contributed by atoms with Gasteiger partial charge in [-0.1, -0.05) is 13.0 Å². The van der Waals surface area contributed by atoms with Gasteiger partial charge in [-0.2, -0.15) is 0 Å². The fourth-order valence-electron chi connectivity index (χ4n) is 5.86. The third kappa shape index (κ3) is 2.17. The normalized spacial score (nSPS) is 34.3. The minimum atomic E-state index is -0.250. The van der Waals surface area contributed by atoms with Gasteiger partial charge in [-0.25, -0.2) is 0 Å². The summed E-state index contributed by atoms with van der Waals surface area (Å²) in [4.78, 5) is 24.0. The van der Waals surface area contributed by atoms with Crippen molar-refractivity contribution in [1.82, 2.24) is 0 Å². The Morgan fingerprint density at radius 3 is 2.75 bits per heavy atom. The largest absolute Gasteiger partial charge is 0.426 e. The minimum absolute atomic E-state index is 0.107. The second kappa shape index (κ2) is 5.44. The summed E-state index contributed by atoms with van der Waals surface area (Å²) in [6.45, 7) is 5.82. The highest BCUT2D eigenvalue weighted by Gasteiger charge is 2.55. The molecule has 3 aliphatic rings. The predicted molar refractivity (Wildman–Crippen MR) is 92.1 cm³/mol. The lowest BCUT2D eigenvalue weighted by Crippen LogP contribution is -2.42. The maximum absolute atomic E-state index is 12.4. The summed E-state index contributed by atoms with van der Waals surface area (Å²) in [5.41, 5.74) is 3.84. The Morgan fingerprint density at radius 2 is 2.00 bits per heavy atom. The van der Waals surface area contributed by atoms with E-state index in [2.05, 4.69) is 19.9 Å². The van der Waals surface area contributed by atoms with Gasteiger partial charge in [0.15, 0.2) is 0 Å². The van der Waals surface area contributed by atoms with Crippen molar-refractivity contribution in [2.24, 2.45) is 17.3 Å². The van der Waals surface area contributed by atoms with Crippen molar-refractivity contribution in [3.05, 3.63) is 28.8 Å². The Balaban J connectivity index is 1.78. The zero-order valence-corrected chi connectivity index (χ0v) is 14.9. The molecule has 4 rings (SSSR count). The van der Waals surface area contributed by atoms with Crippen LogP contribution in [0.25, 0.3) is 0 Å². The number of carbonyl (C=O) groups is 2. The second-order valence-electron chi connectivity index (χ2n) is 8.20. The first-order valence-electron chi connectivity index (χ1n) is 9.26. The van der Waals surface area contributed by atoms with E-state index >= 15 is 0 Å². The molecule has 4 atom stereocenters. The molecular weight excluding hydrogens is 300 g/mol. The van der Waals surface area contributed by atoms with Crippen molar-refractivity contribution < 1.29 is 14.3 Å². The summed E-state index contributed by atoms with van der Waals surface area (Å²) in [6, 6.07) is 4.04. The average molecular weight is 326 g/mol. The number of hydrogen-bond acceptors (Lipinski definition) is 3. The molecule has 24 heavy (non-hydrogen) atoms. The number of Topliss-reactive ketones (excluding diaryl/α,β-unsaturated/α-hetero) is 1. The molecule has 1 aromatic rings. The maximum Gasteiger partial charge on any atom is 0.308 e. The van der Waals surface area contributed by atoms with Gasteiger partial charge in [-0.15, -0.1) is 0 Å². The average Bonchev–Trinajstić information content (AvgIpc) is 2.85. The van der Waals surface area contributed by atoms with Crippen LogP contribution in [-0.4, -0.2) is 11.8 Å². The van der Waals surface area contributed by atoms with Gasteiger partial charge < -0.3 is 4.74 Å². The van der Waals surface area contributed by atoms with Crippen LogP contribution in [0, 0.1) is 24.2 Å². The van der Waals surface area contributed by atoms with E-state index in [0.29, 0.717) is 23.5 Å². The van der Waals surface area contributed by atoms with E-state index in [1.165, 1.54) is 23.6 Å². The summed E-state index contributed by atoms with van der Waals surface area (Å²) in [5, 5.41) is 0. The number of rotatable bonds is 1. The third-order valence-corrected chi connectivity index (χ3v) is 7.05. The van der Waals surface area contributed by atoms with Crippen LogP contribution in [0.2, 0.25) is 0 Å². The van der Waals surface area contributed by atoms with E-state index in [1.807, 2.05) is 6.07 Å².